The number of amides is 2. The lowest BCUT2D eigenvalue weighted by Gasteiger charge is -2.18. The van der Waals surface area contributed by atoms with Crippen LogP contribution in [0.4, 0.5) is 10.5 Å². The van der Waals surface area contributed by atoms with Gasteiger partial charge in [-0.2, -0.15) is 0 Å². The summed E-state index contributed by atoms with van der Waals surface area (Å²) in [5.74, 6) is 0. The van der Waals surface area contributed by atoms with Crippen LogP contribution in [-0.4, -0.2) is 12.6 Å². The van der Waals surface area contributed by atoms with Crippen molar-refractivity contribution in [3.8, 4) is 0 Å². The highest BCUT2D eigenvalue weighted by Gasteiger charge is 2.09. The number of anilines is 1. The number of carbonyl (C=O) groups is 1. The Morgan fingerprint density at radius 3 is 2.50 bits per heavy atom. The van der Waals surface area contributed by atoms with Crippen molar-refractivity contribution < 1.29 is 4.79 Å². The Balaban J connectivity index is 2.49. The number of carbonyl (C=O) groups excluding carboxylic acids is 1. The highest BCUT2D eigenvalue weighted by molar-refractivity contribution is 5.94. The third kappa shape index (κ3) is 1.84. The first kappa shape index (κ1) is 10.5. The lowest BCUT2D eigenvalue weighted by atomic mass is 10.1. The molecule has 0 saturated heterocycles. The molecule has 0 aromatic heterocycles. The number of nitrogens with zero attached hydrogens (tertiary/aromatic N) is 1. The molecule has 3 heteroatoms. The van der Waals surface area contributed by atoms with Gasteiger partial charge in [-0.25, -0.2) is 4.79 Å². The maximum atomic E-state index is 11.2. The Hall–Kier alpha value is -2.03. The predicted molar refractivity (Wildman–Crippen MR) is 66.6 cm³/mol. The molecule has 2 amide bonds. The monoisotopic (exact) mass is 214 g/mol. The fraction of sp³-hybridized carbons (Fsp3) is 0.154. The van der Waals surface area contributed by atoms with Gasteiger partial charge < -0.3 is 5.73 Å². The van der Waals surface area contributed by atoms with E-state index < -0.39 is 6.03 Å². The number of hydrogen-bond donors (Lipinski definition) is 1. The first-order valence-electron chi connectivity index (χ1n) is 5.28. The number of nitrogens with two attached hydrogens (primary N) is 1. The van der Waals surface area contributed by atoms with Gasteiger partial charge in [0.1, 0.15) is 0 Å². The van der Waals surface area contributed by atoms with Gasteiger partial charge in [0.05, 0.1) is 0 Å². The van der Waals surface area contributed by atoms with Crippen molar-refractivity contribution in [2.45, 2.75) is 6.92 Å². The van der Waals surface area contributed by atoms with E-state index in [4.69, 9.17) is 5.73 Å². The van der Waals surface area contributed by atoms with E-state index in [1.54, 1.807) is 4.90 Å². The van der Waals surface area contributed by atoms with Crippen LogP contribution in [0.5, 0.6) is 0 Å². The van der Waals surface area contributed by atoms with Gasteiger partial charge in [-0.1, -0.05) is 30.3 Å². The second-order valence-electron chi connectivity index (χ2n) is 3.61. The average molecular weight is 214 g/mol. The summed E-state index contributed by atoms with van der Waals surface area (Å²) in [5.41, 5.74) is 6.15. The fourth-order valence-electron chi connectivity index (χ4n) is 1.81. The van der Waals surface area contributed by atoms with Gasteiger partial charge in [-0.05, 0) is 29.8 Å². The molecule has 0 radical (unpaired) electrons. The van der Waals surface area contributed by atoms with Crippen LogP contribution in [-0.2, 0) is 0 Å². The molecule has 0 aliphatic heterocycles. The Morgan fingerprint density at radius 1 is 1.19 bits per heavy atom. The first-order chi connectivity index (χ1) is 7.72. The molecule has 0 saturated carbocycles. The van der Waals surface area contributed by atoms with Crippen LogP contribution in [0.3, 0.4) is 0 Å². The molecule has 3 nitrogen and oxygen atoms in total. The smallest absolute Gasteiger partial charge is 0.319 e. The Morgan fingerprint density at radius 2 is 1.88 bits per heavy atom. The lowest BCUT2D eigenvalue weighted by molar-refractivity contribution is 0.254. The number of hydrogen-bond acceptors (Lipinski definition) is 1. The number of urea groups is 1. The maximum absolute atomic E-state index is 11.2. The minimum absolute atomic E-state index is 0.419. The molecule has 82 valence electrons. The third-order valence-electron chi connectivity index (χ3n) is 2.63. The van der Waals surface area contributed by atoms with E-state index in [9.17, 15) is 4.79 Å². The standard InChI is InChI=1S/C13H14N2O/c1-2-15(13(14)16)12-8-7-10-5-3-4-6-11(10)9-12/h3-9H,2H2,1H3,(H2,14,16). The van der Waals surface area contributed by atoms with Crippen molar-refractivity contribution in [2.75, 3.05) is 11.4 Å². The summed E-state index contributed by atoms with van der Waals surface area (Å²) in [6, 6.07) is 13.5. The Labute approximate surface area is 94.5 Å². The minimum atomic E-state index is -0.419. The zero-order valence-corrected chi connectivity index (χ0v) is 9.18. The zero-order valence-electron chi connectivity index (χ0n) is 9.18. The van der Waals surface area contributed by atoms with Crippen molar-refractivity contribution in [2.24, 2.45) is 5.73 Å². The largest absolute Gasteiger partial charge is 0.351 e. The number of rotatable bonds is 2. The molecule has 0 fully saturated rings. The van der Waals surface area contributed by atoms with Crippen LogP contribution in [0.15, 0.2) is 42.5 Å². The van der Waals surface area contributed by atoms with Crippen molar-refractivity contribution >= 4 is 22.5 Å². The van der Waals surface area contributed by atoms with Gasteiger partial charge in [-0.3, -0.25) is 4.90 Å². The molecule has 0 atom stereocenters. The summed E-state index contributed by atoms with van der Waals surface area (Å²) in [6.45, 7) is 2.48. The molecule has 16 heavy (non-hydrogen) atoms. The molecule has 0 aliphatic carbocycles. The van der Waals surface area contributed by atoms with Crippen molar-refractivity contribution in [1.29, 1.82) is 0 Å². The maximum Gasteiger partial charge on any atom is 0.319 e. The van der Waals surface area contributed by atoms with E-state index in [0.717, 1.165) is 16.5 Å². The molecule has 0 aliphatic rings. The highest BCUT2D eigenvalue weighted by Crippen LogP contribution is 2.21. The molecule has 0 spiro atoms. The third-order valence-corrected chi connectivity index (χ3v) is 2.63. The predicted octanol–water partition coefficient (Wildman–Crippen LogP) is 2.74. The normalized spacial score (nSPS) is 10.3. The summed E-state index contributed by atoms with van der Waals surface area (Å²) in [7, 11) is 0. The quantitative estimate of drug-likeness (QED) is 0.820. The highest BCUT2D eigenvalue weighted by atomic mass is 16.2. The van der Waals surface area contributed by atoms with E-state index in [1.807, 2.05) is 49.4 Å². The van der Waals surface area contributed by atoms with Gasteiger partial charge >= 0.3 is 6.03 Å². The second-order valence-corrected chi connectivity index (χ2v) is 3.61. The van der Waals surface area contributed by atoms with Gasteiger partial charge in [0.2, 0.25) is 0 Å². The number of primary amides is 1. The van der Waals surface area contributed by atoms with Gasteiger partial charge in [0, 0.05) is 12.2 Å². The van der Waals surface area contributed by atoms with Crippen molar-refractivity contribution in [3.63, 3.8) is 0 Å². The van der Waals surface area contributed by atoms with E-state index in [-0.39, 0.29) is 0 Å². The van der Waals surface area contributed by atoms with E-state index in [0.29, 0.717) is 6.54 Å². The van der Waals surface area contributed by atoms with Crippen LogP contribution in [0.1, 0.15) is 6.92 Å². The molecule has 0 bridgehead atoms. The van der Waals surface area contributed by atoms with Crippen LogP contribution < -0.4 is 10.6 Å². The summed E-state index contributed by atoms with van der Waals surface area (Å²) in [4.78, 5) is 12.8. The fourth-order valence-corrected chi connectivity index (χ4v) is 1.81. The summed E-state index contributed by atoms with van der Waals surface area (Å²) >= 11 is 0. The van der Waals surface area contributed by atoms with Gasteiger partial charge in [0.25, 0.3) is 0 Å². The molecule has 0 unspecified atom stereocenters. The van der Waals surface area contributed by atoms with Crippen LogP contribution in [0.25, 0.3) is 10.8 Å². The topological polar surface area (TPSA) is 46.3 Å². The van der Waals surface area contributed by atoms with Gasteiger partial charge in [0.15, 0.2) is 0 Å². The van der Waals surface area contributed by atoms with E-state index in [2.05, 4.69) is 0 Å². The van der Waals surface area contributed by atoms with Gasteiger partial charge in [-0.15, -0.1) is 0 Å². The SMILES string of the molecule is CCN(C(N)=O)c1ccc2ccccc2c1. The lowest BCUT2D eigenvalue weighted by Crippen LogP contribution is -2.35. The van der Waals surface area contributed by atoms with E-state index in [1.165, 1.54) is 0 Å². The van der Waals surface area contributed by atoms with Crippen molar-refractivity contribution in [3.05, 3.63) is 42.5 Å². The summed E-state index contributed by atoms with van der Waals surface area (Å²) < 4.78 is 0. The Kier molecular flexibility index (Phi) is 2.77. The summed E-state index contributed by atoms with van der Waals surface area (Å²) in [6.07, 6.45) is 0. The molecule has 0 heterocycles. The number of fused-ring (bicyclic) bond motifs is 1. The molecular formula is C13H14N2O. The average Bonchev–Trinajstić information content (AvgIpc) is 2.29. The van der Waals surface area contributed by atoms with Crippen molar-refractivity contribution in [1.82, 2.24) is 0 Å². The Bertz CT molecular complexity index is 522. The molecular weight excluding hydrogens is 200 g/mol. The molecule has 2 N–H and O–H groups in total. The minimum Gasteiger partial charge on any atom is -0.351 e. The number of benzene rings is 2. The van der Waals surface area contributed by atoms with E-state index >= 15 is 0 Å². The molecule has 2 rings (SSSR count). The molecule has 2 aromatic rings. The second kappa shape index (κ2) is 4.23. The zero-order chi connectivity index (χ0) is 11.5. The van der Waals surface area contributed by atoms with Crippen LogP contribution in [0.2, 0.25) is 0 Å². The molecule has 2 aromatic carbocycles. The van der Waals surface area contributed by atoms with Crippen LogP contribution >= 0.6 is 0 Å². The first-order valence-corrected chi connectivity index (χ1v) is 5.28. The van der Waals surface area contributed by atoms with Crippen LogP contribution in [0, 0.1) is 0 Å². The summed E-state index contributed by atoms with van der Waals surface area (Å²) in [5, 5.41) is 2.27.